The van der Waals surface area contributed by atoms with Gasteiger partial charge in [-0.15, -0.1) is 11.8 Å². The van der Waals surface area contributed by atoms with E-state index in [2.05, 4.69) is 79.6 Å². The van der Waals surface area contributed by atoms with Crippen LogP contribution in [0, 0.1) is 0 Å². The highest BCUT2D eigenvalue weighted by atomic mass is 32.2. The van der Waals surface area contributed by atoms with E-state index in [1.807, 2.05) is 0 Å². The van der Waals surface area contributed by atoms with Crippen LogP contribution in [0.5, 0.6) is 0 Å². The monoisotopic (exact) mass is 409 g/mol. The number of thioether (sulfide) groups is 1. The van der Waals surface area contributed by atoms with Gasteiger partial charge in [0, 0.05) is 35.1 Å². The molecule has 0 aromatic heterocycles. The molecule has 0 spiro atoms. The third-order valence-corrected chi connectivity index (χ3v) is 10.3. The maximum atomic E-state index is 14.6. The standard InChI is InChI=1S/C21H36N3OPS/c1-15(2)23-20-9-7-8-10-21(20)24(16(3)4)26(23,25)22-17(5)18-11-13-19(27-6)14-12-18/h11-17,20-21H,7-10H2,1-6H3,(H,22,25)/t17-,20-,21-/m1/s1. The largest absolute Gasteiger partial charge is 0.285 e. The third-order valence-electron chi connectivity index (χ3n) is 6.04. The van der Waals surface area contributed by atoms with Crippen LogP contribution in [0.15, 0.2) is 29.2 Å². The van der Waals surface area contributed by atoms with E-state index in [9.17, 15) is 4.57 Å². The fourth-order valence-electron chi connectivity index (χ4n) is 4.97. The molecule has 27 heavy (non-hydrogen) atoms. The molecular formula is C21H36N3OPS. The van der Waals surface area contributed by atoms with E-state index >= 15 is 0 Å². The molecule has 1 N–H and O–H groups in total. The first-order valence-corrected chi connectivity index (χ1v) is 13.2. The van der Waals surface area contributed by atoms with E-state index < -0.39 is 7.59 Å². The number of nitrogens with one attached hydrogen (secondary N) is 1. The molecule has 3 atom stereocenters. The molecule has 1 saturated carbocycles. The molecule has 1 aliphatic heterocycles. The summed E-state index contributed by atoms with van der Waals surface area (Å²) < 4.78 is 19.2. The second-order valence-corrected chi connectivity index (χ2v) is 11.7. The van der Waals surface area contributed by atoms with Gasteiger partial charge < -0.3 is 0 Å². The second-order valence-electron chi connectivity index (χ2n) is 8.53. The molecular weight excluding hydrogens is 373 g/mol. The first-order chi connectivity index (χ1) is 12.8. The van der Waals surface area contributed by atoms with E-state index in [1.165, 1.54) is 23.3 Å². The van der Waals surface area contributed by atoms with Gasteiger partial charge in [0.2, 0.25) is 0 Å². The molecule has 0 bridgehead atoms. The van der Waals surface area contributed by atoms with Gasteiger partial charge in [-0.05, 0) is 71.4 Å². The van der Waals surface area contributed by atoms with E-state index in [0.717, 1.165) is 12.8 Å². The van der Waals surface area contributed by atoms with Gasteiger partial charge in [0.1, 0.15) is 0 Å². The highest BCUT2D eigenvalue weighted by molar-refractivity contribution is 7.98. The van der Waals surface area contributed by atoms with Crippen molar-refractivity contribution < 1.29 is 4.57 Å². The number of rotatable bonds is 6. The van der Waals surface area contributed by atoms with Crippen molar-refractivity contribution in [2.24, 2.45) is 0 Å². The van der Waals surface area contributed by atoms with Crippen LogP contribution in [0.3, 0.4) is 0 Å². The van der Waals surface area contributed by atoms with E-state index in [-0.39, 0.29) is 18.1 Å². The van der Waals surface area contributed by atoms with E-state index in [0.29, 0.717) is 12.1 Å². The maximum absolute atomic E-state index is 14.6. The Morgan fingerprint density at radius 1 is 0.963 bits per heavy atom. The summed E-state index contributed by atoms with van der Waals surface area (Å²) >= 11 is 1.75. The number of hydrogen-bond donors (Lipinski definition) is 1. The smallest absolute Gasteiger partial charge is 0.270 e. The van der Waals surface area contributed by atoms with Gasteiger partial charge in [-0.2, -0.15) is 0 Å². The zero-order valence-corrected chi connectivity index (χ0v) is 19.4. The number of hydrogen-bond acceptors (Lipinski definition) is 2. The number of nitrogens with zero attached hydrogens (tertiary/aromatic N) is 2. The number of fused-ring (bicyclic) bond motifs is 1. The Labute approximate surface area is 170 Å². The Balaban J connectivity index is 1.93. The van der Waals surface area contributed by atoms with Gasteiger partial charge in [0.15, 0.2) is 0 Å². The lowest BCUT2D eigenvalue weighted by molar-refractivity contribution is 0.173. The first kappa shape index (κ1) is 21.4. The summed E-state index contributed by atoms with van der Waals surface area (Å²) in [5.41, 5.74) is 1.20. The van der Waals surface area contributed by atoms with Crippen molar-refractivity contribution in [2.75, 3.05) is 6.26 Å². The minimum absolute atomic E-state index is 0.0504. The van der Waals surface area contributed by atoms with Crippen LogP contribution in [-0.2, 0) is 4.57 Å². The molecule has 0 radical (unpaired) electrons. The van der Waals surface area contributed by atoms with Crippen molar-refractivity contribution in [2.45, 2.75) is 95.4 Å². The predicted octanol–water partition coefficient (Wildman–Crippen LogP) is 5.91. The lowest BCUT2D eigenvalue weighted by atomic mass is 9.89. The van der Waals surface area contributed by atoms with Crippen molar-refractivity contribution in [3.05, 3.63) is 29.8 Å². The van der Waals surface area contributed by atoms with Gasteiger partial charge in [0.05, 0.1) is 0 Å². The minimum Gasteiger partial charge on any atom is -0.270 e. The molecule has 1 aromatic rings. The van der Waals surface area contributed by atoms with Crippen LogP contribution < -0.4 is 5.09 Å². The van der Waals surface area contributed by atoms with Gasteiger partial charge >= 0.3 is 0 Å². The highest BCUT2D eigenvalue weighted by Crippen LogP contribution is 2.63. The summed E-state index contributed by atoms with van der Waals surface area (Å²) in [6, 6.07) is 10.0. The minimum atomic E-state index is -2.84. The average molecular weight is 410 g/mol. The molecule has 0 amide bonds. The molecule has 4 nitrogen and oxygen atoms in total. The Kier molecular flexibility index (Phi) is 6.80. The normalized spacial score (nSPS) is 27.3. The summed E-state index contributed by atoms with van der Waals surface area (Å²) in [5.74, 6) is 0. The summed E-state index contributed by atoms with van der Waals surface area (Å²) in [6.07, 6.45) is 6.92. The molecule has 2 fully saturated rings. The van der Waals surface area contributed by atoms with Crippen molar-refractivity contribution in [3.8, 4) is 0 Å². The van der Waals surface area contributed by atoms with Gasteiger partial charge in [-0.3, -0.25) is 4.57 Å². The van der Waals surface area contributed by atoms with Crippen LogP contribution >= 0.6 is 19.4 Å². The molecule has 0 unspecified atom stereocenters. The Hall–Kier alpha value is -0.320. The fraction of sp³-hybridized carbons (Fsp3) is 0.714. The average Bonchev–Trinajstić information content (AvgIpc) is 2.89. The highest BCUT2D eigenvalue weighted by Gasteiger charge is 2.57. The van der Waals surface area contributed by atoms with Crippen molar-refractivity contribution >= 4 is 19.4 Å². The second kappa shape index (κ2) is 8.59. The van der Waals surface area contributed by atoms with Gasteiger partial charge in [-0.1, -0.05) is 25.0 Å². The topological polar surface area (TPSA) is 35.6 Å². The molecule has 2 aliphatic rings. The van der Waals surface area contributed by atoms with Crippen LogP contribution in [0.4, 0.5) is 0 Å². The number of benzene rings is 1. The molecule has 1 heterocycles. The van der Waals surface area contributed by atoms with Crippen LogP contribution in [-0.4, -0.2) is 39.8 Å². The van der Waals surface area contributed by atoms with Gasteiger partial charge in [0.25, 0.3) is 7.59 Å². The molecule has 1 aromatic carbocycles. The zero-order valence-electron chi connectivity index (χ0n) is 17.7. The first-order valence-electron chi connectivity index (χ1n) is 10.4. The quantitative estimate of drug-likeness (QED) is 0.467. The summed E-state index contributed by atoms with van der Waals surface area (Å²) in [7, 11) is -2.84. The summed E-state index contributed by atoms with van der Waals surface area (Å²) in [4.78, 5) is 1.26. The maximum Gasteiger partial charge on any atom is 0.285 e. The molecule has 152 valence electrons. The molecule has 1 saturated heterocycles. The predicted molar refractivity (Wildman–Crippen MR) is 117 cm³/mol. The van der Waals surface area contributed by atoms with Crippen molar-refractivity contribution in [3.63, 3.8) is 0 Å². The lowest BCUT2D eigenvalue weighted by Crippen LogP contribution is -2.43. The fourth-order valence-corrected chi connectivity index (χ4v) is 9.14. The Morgan fingerprint density at radius 2 is 1.44 bits per heavy atom. The molecule has 3 rings (SSSR count). The van der Waals surface area contributed by atoms with Gasteiger partial charge in [-0.25, -0.2) is 14.4 Å². The SMILES string of the molecule is CSc1ccc([C@@H](C)NP2(=O)N(C(C)C)[C@@H]3CCCC[C@H]3N2C(C)C)cc1. The van der Waals surface area contributed by atoms with Crippen molar-refractivity contribution in [1.29, 1.82) is 0 Å². The van der Waals surface area contributed by atoms with Crippen LogP contribution in [0.25, 0.3) is 0 Å². The Bertz CT molecular complexity index is 651. The van der Waals surface area contributed by atoms with Crippen molar-refractivity contribution in [1.82, 2.24) is 14.4 Å². The molecule has 1 aliphatic carbocycles. The summed E-state index contributed by atoms with van der Waals surface area (Å²) in [6.45, 7) is 10.9. The van der Waals surface area contributed by atoms with Crippen LogP contribution in [0.2, 0.25) is 0 Å². The molecule has 6 heteroatoms. The Morgan fingerprint density at radius 3 is 1.85 bits per heavy atom. The van der Waals surface area contributed by atoms with Crippen LogP contribution in [0.1, 0.15) is 71.9 Å². The summed E-state index contributed by atoms with van der Waals surface area (Å²) in [5, 5.41) is 3.63. The van der Waals surface area contributed by atoms with E-state index in [4.69, 9.17) is 0 Å². The lowest BCUT2D eigenvalue weighted by Gasteiger charge is -2.38. The van der Waals surface area contributed by atoms with E-state index in [1.54, 1.807) is 11.8 Å². The zero-order chi connectivity index (χ0) is 19.8. The third kappa shape index (κ3) is 4.04.